The van der Waals surface area contributed by atoms with Crippen LogP contribution in [0.4, 0.5) is 5.13 Å². The highest BCUT2D eigenvalue weighted by Crippen LogP contribution is 2.34. The Morgan fingerprint density at radius 1 is 1.23 bits per heavy atom. The van der Waals surface area contributed by atoms with E-state index in [4.69, 9.17) is 9.88 Å². The summed E-state index contributed by atoms with van der Waals surface area (Å²) in [6, 6.07) is 7.82. The summed E-state index contributed by atoms with van der Waals surface area (Å²) in [4.78, 5) is 32.1. The average Bonchev–Trinajstić information content (AvgIpc) is 3.27. The molecule has 0 bridgehead atoms. The Kier molecular flexibility index (Phi) is 6.94. The molecule has 166 valence electrons. The fourth-order valence-electron chi connectivity index (χ4n) is 2.61. The Morgan fingerprint density at radius 2 is 1.90 bits per heavy atom. The van der Waals surface area contributed by atoms with E-state index in [1.54, 1.807) is 18.2 Å². The molecule has 0 aliphatic carbocycles. The highest BCUT2D eigenvalue weighted by molar-refractivity contribution is 7.89. The van der Waals surface area contributed by atoms with Gasteiger partial charge in [-0.2, -0.15) is 0 Å². The second-order valence-electron chi connectivity index (χ2n) is 6.95. The van der Waals surface area contributed by atoms with E-state index in [1.807, 2.05) is 19.0 Å². The molecule has 1 unspecified atom stereocenters. The van der Waals surface area contributed by atoms with Crippen LogP contribution in [-0.4, -0.2) is 52.0 Å². The second-order valence-corrected chi connectivity index (χ2v) is 10.5. The first-order chi connectivity index (χ1) is 14.5. The van der Waals surface area contributed by atoms with Gasteiger partial charge >= 0.3 is 5.97 Å². The van der Waals surface area contributed by atoms with E-state index in [9.17, 15) is 18.0 Å². The Balaban J connectivity index is 1.49. The lowest BCUT2D eigenvalue weighted by Crippen LogP contribution is -2.36. The molecule has 1 atom stereocenters. The van der Waals surface area contributed by atoms with Gasteiger partial charge in [0.15, 0.2) is 11.2 Å². The summed E-state index contributed by atoms with van der Waals surface area (Å²) in [5, 5.41) is 8.62. The molecular weight excluding hydrogens is 460 g/mol. The number of thiazole rings is 1. The van der Waals surface area contributed by atoms with Crippen LogP contribution in [-0.2, 0) is 26.0 Å². The number of nitrogens with two attached hydrogens (primary N) is 1. The molecule has 0 radical (unpaired) electrons. The lowest BCUT2D eigenvalue weighted by atomic mass is 10.1. The number of amides is 1. The Hall–Kier alpha value is -2.54. The number of ether oxygens (including phenoxy) is 1. The van der Waals surface area contributed by atoms with Crippen molar-refractivity contribution in [1.29, 1.82) is 0 Å². The van der Waals surface area contributed by atoms with Crippen molar-refractivity contribution in [1.82, 2.24) is 10.3 Å². The van der Waals surface area contributed by atoms with Crippen molar-refractivity contribution in [3.63, 3.8) is 0 Å². The number of sulfonamides is 1. The quantitative estimate of drug-likeness (QED) is 0.469. The molecule has 3 N–H and O–H groups in total. The van der Waals surface area contributed by atoms with Crippen molar-refractivity contribution in [2.45, 2.75) is 24.3 Å². The van der Waals surface area contributed by atoms with Crippen LogP contribution in [0.15, 0.2) is 35.2 Å². The standard InChI is InChI=1S/C19H22N4O5S3/c1-11(16(24)21-9-8-12-4-6-13(7-5-12)31(20,26)27)28-18(25)15-10-14-17(29-15)22-19(30-14)23(2)3/h4-7,10-11H,8-9H2,1-3H3,(H,21,24)(H2,20,26,27). The summed E-state index contributed by atoms with van der Waals surface area (Å²) in [5.74, 6) is -0.983. The van der Waals surface area contributed by atoms with E-state index < -0.39 is 28.0 Å². The summed E-state index contributed by atoms with van der Waals surface area (Å²) in [6.45, 7) is 1.81. The first-order valence-corrected chi connectivity index (χ1v) is 12.4. The predicted molar refractivity (Wildman–Crippen MR) is 121 cm³/mol. The van der Waals surface area contributed by atoms with Crippen molar-refractivity contribution >= 4 is 59.2 Å². The van der Waals surface area contributed by atoms with Crippen LogP contribution in [0.1, 0.15) is 22.2 Å². The van der Waals surface area contributed by atoms with Gasteiger partial charge in [-0.15, -0.1) is 11.3 Å². The third kappa shape index (κ3) is 5.79. The highest BCUT2D eigenvalue weighted by Gasteiger charge is 2.21. The van der Waals surface area contributed by atoms with Crippen LogP contribution >= 0.6 is 22.7 Å². The number of esters is 1. The monoisotopic (exact) mass is 482 g/mol. The third-order valence-electron chi connectivity index (χ3n) is 4.28. The number of benzene rings is 1. The van der Waals surface area contributed by atoms with Crippen molar-refractivity contribution in [3.8, 4) is 0 Å². The number of fused-ring (bicyclic) bond motifs is 1. The van der Waals surface area contributed by atoms with E-state index >= 15 is 0 Å². The minimum absolute atomic E-state index is 0.0300. The third-order valence-corrected chi connectivity index (χ3v) is 7.52. The maximum atomic E-state index is 12.4. The Bertz CT molecular complexity index is 1170. The summed E-state index contributed by atoms with van der Waals surface area (Å²) in [5.41, 5.74) is 0.834. The van der Waals surface area contributed by atoms with E-state index in [-0.39, 0.29) is 4.90 Å². The summed E-state index contributed by atoms with van der Waals surface area (Å²) in [7, 11) is 0.0675. The first-order valence-electron chi connectivity index (χ1n) is 9.22. The number of anilines is 1. The molecule has 9 nitrogen and oxygen atoms in total. The topological polar surface area (TPSA) is 132 Å². The van der Waals surface area contributed by atoms with Crippen LogP contribution in [0.3, 0.4) is 0 Å². The molecule has 1 amide bonds. The number of hydrogen-bond acceptors (Lipinski definition) is 9. The van der Waals surface area contributed by atoms with Gasteiger partial charge in [-0.25, -0.2) is 23.3 Å². The van der Waals surface area contributed by atoms with Gasteiger partial charge in [-0.3, -0.25) is 4.79 Å². The Labute approximate surface area is 187 Å². The van der Waals surface area contributed by atoms with Crippen molar-refractivity contribution < 1.29 is 22.7 Å². The van der Waals surface area contributed by atoms with Gasteiger partial charge in [0, 0.05) is 20.6 Å². The molecule has 0 saturated carbocycles. The molecule has 0 fully saturated rings. The molecule has 2 aromatic heterocycles. The van der Waals surface area contributed by atoms with E-state index in [0.29, 0.717) is 17.8 Å². The number of carbonyl (C=O) groups is 2. The predicted octanol–water partition coefficient (Wildman–Crippen LogP) is 1.98. The molecule has 2 heterocycles. The fourth-order valence-corrected chi connectivity index (χ4v) is 5.14. The minimum Gasteiger partial charge on any atom is -0.448 e. The number of primary sulfonamides is 1. The van der Waals surface area contributed by atoms with Gasteiger partial charge < -0.3 is 15.0 Å². The number of thiophene rings is 1. The molecule has 0 aliphatic heterocycles. The van der Waals surface area contributed by atoms with Crippen LogP contribution < -0.4 is 15.4 Å². The van der Waals surface area contributed by atoms with E-state index in [2.05, 4.69) is 10.3 Å². The van der Waals surface area contributed by atoms with Crippen molar-refractivity contribution in [3.05, 3.63) is 40.8 Å². The van der Waals surface area contributed by atoms with Gasteiger partial charge in [0.05, 0.1) is 9.60 Å². The van der Waals surface area contributed by atoms with Gasteiger partial charge in [-0.1, -0.05) is 23.5 Å². The number of aromatic nitrogens is 1. The summed E-state index contributed by atoms with van der Waals surface area (Å²) < 4.78 is 28.7. The van der Waals surface area contributed by atoms with Crippen LogP contribution in [0, 0.1) is 0 Å². The maximum Gasteiger partial charge on any atom is 0.349 e. The lowest BCUT2D eigenvalue weighted by molar-refractivity contribution is -0.129. The van der Waals surface area contributed by atoms with E-state index in [0.717, 1.165) is 20.2 Å². The second kappa shape index (κ2) is 9.30. The van der Waals surface area contributed by atoms with Crippen molar-refractivity contribution in [2.75, 3.05) is 25.5 Å². The zero-order chi connectivity index (χ0) is 22.8. The van der Waals surface area contributed by atoms with Gasteiger partial charge in [-0.05, 0) is 37.1 Å². The van der Waals surface area contributed by atoms with Gasteiger partial charge in [0.2, 0.25) is 10.0 Å². The molecule has 0 aliphatic rings. The number of rotatable bonds is 8. The molecule has 12 heteroatoms. The first kappa shape index (κ1) is 23.1. The number of hydrogen-bond donors (Lipinski definition) is 2. The molecule has 1 aromatic carbocycles. The fraction of sp³-hybridized carbons (Fsp3) is 0.316. The van der Waals surface area contributed by atoms with Crippen LogP contribution in [0.5, 0.6) is 0 Å². The number of nitrogens with zero attached hydrogens (tertiary/aromatic N) is 2. The molecule has 0 spiro atoms. The summed E-state index contributed by atoms with van der Waals surface area (Å²) >= 11 is 2.71. The van der Waals surface area contributed by atoms with Gasteiger partial charge in [0.1, 0.15) is 9.71 Å². The largest absolute Gasteiger partial charge is 0.448 e. The average molecular weight is 483 g/mol. The lowest BCUT2D eigenvalue weighted by Gasteiger charge is -2.13. The maximum absolute atomic E-state index is 12.4. The molecule has 3 aromatic rings. The Morgan fingerprint density at radius 3 is 2.48 bits per heavy atom. The molecular formula is C19H22N4O5S3. The smallest absolute Gasteiger partial charge is 0.349 e. The van der Waals surface area contributed by atoms with Gasteiger partial charge in [0.25, 0.3) is 5.91 Å². The minimum atomic E-state index is -3.73. The SMILES string of the molecule is CC(OC(=O)c1cc2sc(N(C)C)nc2s1)C(=O)NCCc1ccc(S(N)(=O)=O)cc1. The number of nitrogens with one attached hydrogen (secondary N) is 1. The molecule has 3 rings (SSSR count). The van der Waals surface area contributed by atoms with Crippen molar-refractivity contribution in [2.24, 2.45) is 5.14 Å². The molecule has 0 saturated heterocycles. The normalized spacial score (nSPS) is 12.5. The summed E-state index contributed by atoms with van der Waals surface area (Å²) in [6.07, 6.45) is -0.471. The van der Waals surface area contributed by atoms with E-state index in [1.165, 1.54) is 41.7 Å². The van der Waals surface area contributed by atoms with Crippen LogP contribution in [0.25, 0.3) is 9.53 Å². The number of carbonyl (C=O) groups excluding carboxylic acids is 2. The highest BCUT2D eigenvalue weighted by atomic mass is 32.2. The zero-order valence-electron chi connectivity index (χ0n) is 17.1. The zero-order valence-corrected chi connectivity index (χ0v) is 19.6. The molecule has 31 heavy (non-hydrogen) atoms. The van der Waals surface area contributed by atoms with Crippen LogP contribution in [0.2, 0.25) is 0 Å².